The van der Waals surface area contributed by atoms with E-state index in [0.29, 0.717) is 6.42 Å². The lowest BCUT2D eigenvalue weighted by Crippen LogP contribution is -2.40. The van der Waals surface area contributed by atoms with E-state index in [9.17, 15) is 22.8 Å². The Labute approximate surface area is 107 Å². The van der Waals surface area contributed by atoms with Crippen LogP contribution in [-0.4, -0.2) is 11.8 Å². The van der Waals surface area contributed by atoms with Crippen molar-refractivity contribution in [2.75, 3.05) is 10.6 Å². The van der Waals surface area contributed by atoms with Crippen LogP contribution in [0.5, 0.6) is 0 Å². The summed E-state index contributed by atoms with van der Waals surface area (Å²) in [4.78, 5) is 24.2. The van der Waals surface area contributed by atoms with Crippen molar-refractivity contribution < 1.29 is 22.8 Å². The highest BCUT2D eigenvalue weighted by Gasteiger charge is 2.33. The summed E-state index contributed by atoms with van der Waals surface area (Å²) in [6.07, 6.45) is -3.68. The predicted molar refractivity (Wildman–Crippen MR) is 62.2 cm³/mol. The lowest BCUT2D eigenvalue weighted by atomic mass is 10.1. The molecule has 0 aliphatic carbocycles. The molecule has 1 fully saturated rings. The molecule has 1 aromatic carbocycles. The van der Waals surface area contributed by atoms with Crippen LogP contribution in [0.25, 0.3) is 0 Å². The first-order chi connectivity index (χ1) is 8.80. The van der Waals surface area contributed by atoms with E-state index >= 15 is 0 Å². The van der Waals surface area contributed by atoms with Crippen LogP contribution in [0.15, 0.2) is 18.2 Å². The molecular weight excluding hydrogens is 261 g/mol. The predicted octanol–water partition coefficient (Wildman–Crippen LogP) is 2.33. The topological polar surface area (TPSA) is 63.4 Å². The second-order valence-electron chi connectivity index (χ2n) is 4.25. The van der Waals surface area contributed by atoms with Gasteiger partial charge in [-0.25, -0.2) is 4.90 Å². The highest BCUT2D eigenvalue weighted by Crippen LogP contribution is 2.35. The zero-order valence-electron chi connectivity index (χ0n) is 9.83. The fraction of sp³-hybridized carbons (Fsp3) is 0.333. The minimum Gasteiger partial charge on any atom is -0.397 e. The van der Waals surface area contributed by atoms with Crippen LogP contribution < -0.4 is 10.6 Å². The number of anilines is 2. The SMILES string of the molecule is Nc1cc(C(F)(F)F)ccc1N1C(=O)CCCC1=O. The van der Waals surface area contributed by atoms with Crippen molar-refractivity contribution >= 4 is 23.2 Å². The summed E-state index contributed by atoms with van der Waals surface area (Å²) in [7, 11) is 0. The minimum atomic E-state index is -4.51. The third-order valence-corrected chi connectivity index (χ3v) is 2.88. The van der Waals surface area contributed by atoms with Crippen molar-refractivity contribution in [1.82, 2.24) is 0 Å². The number of halogens is 3. The lowest BCUT2D eigenvalue weighted by Gasteiger charge is -2.26. The van der Waals surface area contributed by atoms with Crippen LogP contribution in [0.2, 0.25) is 0 Å². The van der Waals surface area contributed by atoms with E-state index in [1.54, 1.807) is 0 Å². The third-order valence-electron chi connectivity index (χ3n) is 2.88. The molecule has 4 nitrogen and oxygen atoms in total. The van der Waals surface area contributed by atoms with Gasteiger partial charge >= 0.3 is 6.18 Å². The van der Waals surface area contributed by atoms with E-state index in [0.717, 1.165) is 23.1 Å². The molecule has 2 amide bonds. The van der Waals surface area contributed by atoms with Crippen LogP contribution in [0.1, 0.15) is 24.8 Å². The fourth-order valence-corrected chi connectivity index (χ4v) is 1.96. The zero-order chi connectivity index (χ0) is 14.2. The van der Waals surface area contributed by atoms with Gasteiger partial charge in [-0.05, 0) is 24.6 Å². The van der Waals surface area contributed by atoms with E-state index in [1.807, 2.05) is 0 Å². The fourth-order valence-electron chi connectivity index (χ4n) is 1.96. The Morgan fingerprint density at radius 2 is 1.68 bits per heavy atom. The summed E-state index contributed by atoms with van der Waals surface area (Å²) in [6, 6.07) is 2.59. The standard InChI is InChI=1S/C12H11F3N2O2/c13-12(14,15)7-4-5-9(8(16)6-7)17-10(18)2-1-3-11(17)19/h4-6H,1-3,16H2. The Morgan fingerprint density at radius 3 is 2.16 bits per heavy atom. The Balaban J connectivity index is 2.41. The number of carbonyl (C=O) groups is 2. The molecule has 1 aliphatic heterocycles. The summed E-state index contributed by atoms with van der Waals surface area (Å²) in [5.74, 6) is -0.884. The summed E-state index contributed by atoms with van der Waals surface area (Å²) in [5.41, 5.74) is 4.39. The number of rotatable bonds is 1. The van der Waals surface area contributed by atoms with Crippen molar-refractivity contribution in [3.8, 4) is 0 Å². The van der Waals surface area contributed by atoms with Crippen LogP contribution in [0, 0.1) is 0 Å². The van der Waals surface area contributed by atoms with Crippen molar-refractivity contribution in [2.45, 2.75) is 25.4 Å². The second kappa shape index (κ2) is 4.56. The monoisotopic (exact) mass is 272 g/mol. The highest BCUT2D eigenvalue weighted by molar-refractivity contribution is 6.17. The Hall–Kier alpha value is -2.05. The second-order valence-corrected chi connectivity index (χ2v) is 4.25. The van der Waals surface area contributed by atoms with Gasteiger partial charge in [0.05, 0.1) is 16.9 Å². The molecule has 1 aliphatic rings. The summed E-state index contributed by atoms with van der Waals surface area (Å²) in [6.45, 7) is 0. The Morgan fingerprint density at radius 1 is 1.11 bits per heavy atom. The molecule has 0 spiro atoms. The van der Waals surface area contributed by atoms with Gasteiger partial charge in [0.25, 0.3) is 0 Å². The van der Waals surface area contributed by atoms with Gasteiger partial charge in [-0.2, -0.15) is 13.2 Å². The molecular formula is C12H11F3N2O2. The number of imide groups is 1. The Kier molecular flexibility index (Phi) is 3.21. The summed E-state index contributed by atoms with van der Waals surface area (Å²) in [5, 5.41) is 0. The first-order valence-corrected chi connectivity index (χ1v) is 5.63. The van der Waals surface area contributed by atoms with Gasteiger partial charge in [-0.3, -0.25) is 9.59 Å². The Bertz CT molecular complexity index is 524. The maximum Gasteiger partial charge on any atom is 0.416 e. The van der Waals surface area contributed by atoms with Crippen LogP contribution >= 0.6 is 0 Å². The van der Waals surface area contributed by atoms with Gasteiger partial charge in [0.1, 0.15) is 0 Å². The van der Waals surface area contributed by atoms with Crippen LogP contribution in [0.3, 0.4) is 0 Å². The average Bonchev–Trinajstić information content (AvgIpc) is 2.29. The zero-order valence-corrected chi connectivity index (χ0v) is 9.83. The largest absolute Gasteiger partial charge is 0.416 e. The van der Waals surface area contributed by atoms with Crippen molar-refractivity contribution in [2.24, 2.45) is 0 Å². The molecule has 1 aromatic rings. The quantitative estimate of drug-likeness (QED) is 0.630. The number of hydrogen-bond acceptors (Lipinski definition) is 3. The van der Waals surface area contributed by atoms with Gasteiger partial charge in [-0.1, -0.05) is 0 Å². The number of nitrogens with zero attached hydrogens (tertiary/aromatic N) is 1. The number of piperidine rings is 1. The normalized spacial score (nSPS) is 16.9. The third kappa shape index (κ3) is 2.54. The molecule has 7 heteroatoms. The van der Waals surface area contributed by atoms with E-state index < -0.39 is 23.6 Å². The summed E-state index contributed by atoms with van der Waals surface area (Å²) >= 11 is 0. The first-order valence-electron chi connectivity index (χ1n) is 5.63. The molecule has 2 N–H and O–H groups in total. The number of benzene rings is 1. The summed E-state index contributed by atoms with van der Waals surface area (Å²) < 4.78 is 37.5. The van der Waals surface area contributed by atoms with E-state index in [1.165, 1.54) is 0 Å². The molecule has 0 unspecified atom stereocenters. The molecule has 0 aromatic heterocycles. The number of alkyl halides is 3. The molecule has 102 valence electrons. The average molecular weight is 272 g/mol. The lowest BCUT2D eigenvalue weighted by molar-refractivity contribution is -0.137. The van der Waals surface area contributed by atoms with Crippen LogP contribution in [-0.2, 0) is 15.8 Å². The maximum atomic E-state index is 12.5. The van der Waals surface area contributed by atoms with Crippen molar-refractivity contribution in [3.05, 3.63) is 23.8 Å². The van der Waals surface area contributed by atoms with Gasteiger partial charge in [0.2, 0.25) is 11.8 Å². The number of hydrogen-bond donors (Lipinski definition) is 1. The van der Waals surface area contributed by atoms with E-state index in [4.69, 9.17) is 5.73 Å². The van der Waals surface area contributed by atoms with Gasteiger partial charge in [0, 0.05) is 12.8 Å². The number of nitrogens with two attached hydrogens (primary N) is 1. The van der Waals surface area contributed by atoms with Crippen LogP contribution in [0.4, 0.5) is 24.5 Å². The van der Waals surface area contributed by atoms with Crippen molar-refractivity contribution in [3.63, 3.8) is 0 Å². The van der Waals surface area contributed by atoms with Crippen molar-refractivity contribution in [1.29, 1.82) is 0 Å². The molecule has 19 heavy (non-hydrogen) atoms. The molecule has 1 saturated heterocycles. The molecule has 1 heterocycles. The molecule has 0 bridgehead atoms. The van der Waals surface area contributed by atoms with E-state index in [2.05, 4.69) is 0 Å². The van der Waals surface area contributed by atoms with Gasteiger partial charge < -0.3 is 5.73 Å². The van der Waals surface area contributed by atoms with Gasteiger partial charge in [0.15, 0.2) is 0 Å². The smallest absolute Gasteiger partial charge is 0.397 e. The number of carbonyl (C=O) groups excluding carboxylic acids is 2. The van der Waals surface area contributed by atoms with Gasteiger partial charge in [-0.15, -0.1) is 0 Å². The number of amides is 2. The maximum absolute atomic E-state index is 12.5. The minimum absolute atomic E-state index is 0.0164. The molecule has 2 rings (SSSR count). The first kappa shape index (κ1) is 13.4. The molecule has 0 radical (unpaired) electrons. The van der Waals surface area contributed by atoms with E-state index in [-0.39, 0.29) is 24.2 Å². The highest BCUT2D eigenvalue weighted by atomic mass is 19.4. The number of nitrogen functional groups attached to an aromatic ring is 1. The molecule has 0 saturated carbocycles. The molecule has 0 atom stereocenters.